The molecule has 98 valence electrons. The molecule has 2 rings (SSSR count). The van der Waals surface area contributed by atoms with Gasteiger partial charge in [0.25, 0.3) is 0 Å². The lowest BCUT2D eigenvalue weighted by Gasteiger charge is -2.27. The second-order valence-corrected chi connectivity index (χ2v) is 4.48. The number of rotatable bonds is 3. The van der Waals surface area contributed by atoms with Crippen molar-refractivity contribution in [2.45, 2.75) is 19.4 Å². The first-order valence-electron chi connectivity index (χ1n) is 6.33. The van der Waals surface area contributed by atoms with Crippen LogP contribution < -0.4 is 0 Å². The second kappa shape index (κ2) is 6.40. The van der Waals surface area contributed by atoms with E-state index < -0.39 is 0 Å². The number of amides is 1. The van der Waals surface area contributed by atoms with Crippen molar-refractivity contribution in [3.05, 3.63) is 35.9 Å². The maximum absolute atomic E-state index is 11.8. The van der Waals surface area contributed by atoms with Crippen molar-refractivity contribution in [3.8, 4) is 0 Å². The SMILES string of the molecule is CC(Cc1ccccc1)OC(=O)N1CCOCC1. The van der Waals surface area contributed by atoms with Crippen molar-refractivity contribution in [2.24, 2.45) is 0 Å². The van der Waals surface area contributed by atoms with Crippen LogP contribution in [0.3, 0.4) is 0 Å². The molecule has 0 aromatic heterocycles. The first-order valence-corrected chi connectivity index (χ1v) is 6.33. The van der Waals surface area contributed by atoms with E-state index in [4.69, 9.17) is 9.47 Å². The molecular weight excluding hydrogens is 230 g/mol. The first-order chi connectivity index (χ1) is 8.75. The molecule has 1 saturated heterocycles. The maximum atomic E-state index is 11.8. The van der Waals surface area contributed by atoms with Crippen LogP contribution in [0, 0.1) is 0 Å². The van der Waals surface area contributed by atoms with Crippen molar-refractivity contribution in [1.82, 2.24) is 4.90 Å². The zero-order valence-corrected chi connectivity index (χ0v) is 10.7. The predicted molar refractivity (Wildman–Crippen MR) is 68.5 cm³/mol. The molecule has 1 unspecified atom stereocenters. The number of nitrogens with zero attached hydrogens (tertiary/aromatic N) is 1. The molecule has 0 N–H and O–H groups in total. The summed E-state index contributed by atoms with van der Waals surface area (Å²) in [4.78, 5) is 13.5. The normalized spacial score (nSPS) is 17.3. The van der Waals surface area contributed by atoms with Crippen molar-refractivity contribution in [3.63, 3.8) is 0 Å². The highest BCUT2D eigenvalue weighted by molar-refractivity contribution is 5.67. The fourth-order valence-electron chi connectivity index (χ4n) is 1.98. The number of hydrogen-bond donors (Lipinski definition) is 0. The Morgan fingerprint density at radius 1 is 1.33 bits per heavy atom. The summed E-state index contributed by atoms with van der Waals surface area (Å²) in [5.74, 6) is 0. The van der Waals surface area contributed by atoms with Gasteiger partial charge in [0.2, 0.25) is 0 Å². The molecule has 1 heterocycles. The van der Waals surface area contributed by atoms with Crippen LogP contribution in [0.1, 0.15) is 12.5 Å². The molecular formula is C14H19NO3. The van der Waals surface area contributed by atoms with Crippen LogP contribution in [0.25, 0.3) is 0 Å². The van der Waals surface area contributed by atoms with Crippen molar-refractivity contribution >= 4 is 6.09 Å². The molecule has 0 aliphatic carbocycles. The highest BCUT2D eigenvalue weighted by atomic mass is 16.6. The highest BCUT2D eigenvalue weighted by Gasteiger charge is 2.20. The van der Waals surface area contributed by atoms with Gasteiger partial charge in [-0.1, -0.05) is 30.3 Å². The number of ether oxygens (including phenoxy) is 2. The summed E-state index contributed by atoms with van der Waals surface area (Å²) in [7, 11) is 0. The van der Waals surface area contributed by atoms with Gasteiger partial charge in [-0.3, -0.25) is 0 Å². The van der Waals surface area contributed by atoms with Gasteiger partial charge in [0.05, 0.1) is 13.2 Å². The largest absolute Gasteiger partial charge is 0.446 e. The summed E-state index contributed by atoms with van der Waals surface area (Å²) >= 11 is 0. The molecule has 4 heteroatoms. The molecule has 0 bridgehead atoms. The number of carbonyl (C=O) groups excluding carboxylic acids is 1. The molecule has 0 spiro atoms. The van der Waals surface area contributed by atoms with Crippen LogP contribution in [0.4, 0.5) is 4.79 Å². The third kappa shape index (κ3) is 3.74. The van der Waals surface area contributed by atoms with Crippen molar-refractivity contribution in [1.29, 1.82) is 0 Å². The maximum Gasteiger partial charge on any atom is 0.410 e. The second-order valence-electron chi connectivity index (χ2n) is 4.48. The van der Waals surface area contributed by atoms with E-state index >= 15 is 0 Å². The smallest absolute Gasteiger partial charge is 0.410 e. The van der Waals surface area contributed by atoms with Gasteiger partial charge in [-0.15, -0.1) is 0 Å². The summed E-state index contributed by atoms with van der Waals surface area (Å²) in [5, 5.41) is 0. The van der Waals surface area contributed by atoms with Gasteiger partial charge in [-0.2, -0.15) is 0 Å². The fourth-order valence-corrected chi connectivity index (χ4v) is 1.98. The summed E-state index contributed by atoms with van der Waals surface area (Å²) in [6.45, 7) is 4.36. The van der Waals surface area contributed by atoms with Crippen LogP contribution in [0.5, 0.6) is 0 Å². The predicted octanol–water partition coefficient (Wildman–Crippen LogP) is 2.09. The molecule has 4 nitrogen and oxygen atoms in total. The molecule has 1 aromatic rings. The minimum absolute atomic E-state index is 0.109. The van der Waals surface area contributed by atoms with E-state index in [1.165, 1.54) is 5.56 Å². The van der Waals surface area contributed by atoms with Gasteiger partial charge in [0.15, 0.2) is 0 Å². The van der Waals surface area contributed by atoms with Crippen LogP contribution in [-0.4, -0.2) is 43.4 Å². The lowest BCUT2D eigenvalue weighted by Crippen LogP contribution is -2.42. The van der Waals surface area contributed by atoms with E-state index in [9.17, 15) is 4.79 Å². The average Bonchev–Trinajstić information content (AvgIpc) is 2.40. The molecule has 1 aliphatic rings. The molecule has 1 amide bonds. The monoisotopic (exact) mass is 249 g/mol. The minimum Gasteiger partial charge on any atom is -0.446 e. The van der Waals surface area contributed by atoms with Crippen molar-refractivity contribution < 1.29 is 14.3 Å². The topological polar surface area (TPSA) is 38.8 Å². The molecule has 1 aromatic carbocycles. The minimum atomic E-state index is -0.235. The van der Waals surface area contributed by atoms with E-state index in [-0.39, 0.29) is 12.2 Å². The number of morpholine rings is 1. The van der Waals surface area contributed by atoms with Crippen LogP contribution in [0.15, 0.2) is 30.3 Å². The quantitative estimate of drug-likeness (QED) is 0.823. The van der Waals surface area contributed by atoms with E-state index in [1.807, 2.05) is 37.3 Å². The molecule has 0 saturated carbocycles. The summed E-state index contributed by atoms with van der Waals surface area (Å²) in [6.07, 6.45) is 0.404. The molecule has 1 aliphatic heterocycles. The van der Waals surface area contributed by atoms with Crippen molar-refractivity contribution in [2.75, 3.05) is 26.3 Å². The van der Waals surface area contributed by atoms with E-state index in [1.54, 1.807) is 4.90 Å². The van der Waals surface area contributed by atoms with Crippen LogP contribution in [0.2, 0.25) is 0 Å². The standard InChI is InChI=1S/C14H19NO3/c1-12(11-13-5-3-2-4-6-13)18-14(16)15-7-9-17-10-8-15/h2-6,12H,7-11H2,1H3. The third-order valence-electron chi connectivity index (χ3n) is 2.94. The zero-order valence-electron chi connectivity index (χ0n) is 10.7. The number of carbonyl (C=O) groups is 1. The summed E-state index contributed by atoms with van der Waals surface area (Å²) in [6, 6.07) is 10.0. The molecule has 18 heavy (non-hydrogen) atoms. The van der Waals surface area contributed by atoms with Crippen LogP contribution >= 0.6 is 0 Å². The van der Waals surface area contributed by atoms with E-state index in [0.29, 0.717) is 26.3 Å². The Kier molecular flexibility index (Phi) is 4.59. The lowest BCUT2D eigenvalue weighted by molar-refractivity contribution is 0.0156. The van der Waals surface area contributed by atoms with Gasteiger partial charge in [0.1, 0.15) is 6.10 Å². The Bertz CT molecular complexity index is 374. The average molecular weight is 249 g/mol. The molecule has 1 atom stereocenters. The van der Waals surface area contributed by atoms with Gasteiger partial charge < -0.3 is 14.4 Å². The van der Waals surface area contributed by atoms with E-state index in [2.05, 4.69) is 0 Å². The Morgan fingerprint density at radius 3 is 2.67 bits per heavy atom. The van der Waals surface area contributed by atoms with Gasteiger partial charge in [-0.25, -0.2) is 4.79 Å². The fraction of sp³-hybridized carbons (Fsp3) is 0.500. The van der Waals surface area contributed by atoms with Gasteiger partial charge in [-0.05, 0) is 12.5 Å². The number of hydrogen-bond acceptors (Lipinski definition) is 3. The lowest BCUT2D eigenvalue weighted by atomic mass is 10.1. The highest BCUT2D eigenvalue weighted by Crippen LogP contribution is 2.08. The van der Waals surface area contributed by atoms with Gasteiger partial charge >= 0.3 is 6.09 Å². The Hall–Kier alpha value is -1.55. The zero-order chi connectivity index (χ0) is 12.8. The Labute approximate surface area is 107 Å². The van der Waals surface area contributed by atoms with E-state index in [0.717, 1.165) is 6.42 Å². The summed E-state index contributed by atoms with van der Waals surface area (Å²) < 4.78 is 10.6. The van der Waals surface area contributed by atoms with Crippen LogP contribution in [-0.2, 0) is 15.9 Å². The first kappa shape index (κ1) is 12.9. The molecule has 0 radical (unpaired) electrons. The molecule has 1 fully saturated rings. The Morgan fingerprint density at radius 2 is 2.00 bits per heavy atom. The third-order valence-corrected chi connectivity index (χ3v) is 2.94. The number of benzene rings is 1. The van der Waals surface area contributed by atoms with Gasteiger partial charge in [0, 0.05) is 19.5 Å². The summed E-state index contributed by atoms with van der Waals surface area (Å²) in [5.41, 5.74) is 1.18. The Balaban J connectivity index is 1.79.